The monoisotopic (exact) mass is 325 g/mol. The van der Waals surface area contributed by atoms with Gasteiger partial charge in [-0.2, -0.15) is 0 Å². The summed E-state index contributed by atoms with van der Waals surface area (Å²) in [7, 11) is 0. The van der Waals surface area contributed by atoms with Crippen molar-refractivity contribution >= 4 is 23.0 Å². The van der Waals surface area contributed by atoms with Crippen molar-refractivity contribution < 1.29 is 9.59 Å². The third kappa shape index (κ3) is 2.99. The predicted octanol–water partition coefficient (Wildman–Crippen LogP) is 4.41. The van der Waals surface area contributed by atoms with Crippen LogP contribution in [0.1, 0.15) is 40.3 Å². The molecule has 1 aromatic heterocycles. The van der Waals surface area contributed by atoms with E-state index in [-0.39, 0.29) is 17.7 Å². The Balaban J connectivity index is 1.84. The average Bonchev–Trinajstić information content (AvgIpc) is 3.23. The molecule has 4 heteroatoms. The zero-order valence-electron chi connectivity index (χ0n) is 13.3. The fraction of sp³-hybridized carbons (Fsp3) is 0.263. The average molecular weight is 325 g/mol. The molecule has 2 heterocycles. The summed E-state index contributed by atoms with van der Waals surface area (Å²) >= 11 is 1.45. The van der Waals surface area contributed by atoms with E-state index in [4.69, 9.17) is 0 Å². The molecule has 23 heavy (non-hydrogen) atoms. The number of carbonyl (C=O) groups is 2. The van der Waals surface area contributed by atoms with Crippen molar-refractivity contribution in [2.24, 2.45) is 0 Å². The highest BCUT2D eigenvalue weighted by atomic mass is 32.1. The van der Waals surface area contributed by atoms with Crippen molar-refractivity contribution in [3.8, 4) is 11.1 Å². The zero-order valence-corrected chi connectivity index (χ0v) is 14.1. The highest BCUT2D eigenvalue weighted by molar-refractivity contribution is 7.12. The molecular formula is C19H19NO2S. The first-order valence-electron chi connectivity index (χ1n) is 7.78. The number of Topliss-reactive ketones (excluding diaryl/α,β-unsaturated/α-hetero) is 1. The molecule has 0 saturated heterocycles. The first kappa shape index (κ1) is 15.7. The van der Waals surface area contributed by atoms with Gasteiger partial charge in [-0.05, 0) is 42.5 Å². The number of thiophene rings is 1. The molecule has 1 aliphatic rings. The first-order chi connectivity index (χ1) is 11.1. The van der Waals surface area contributed by atoms with Crippen LogP contribution in [0.15, 0.2) is 47.9 Å². The number of benzene rings is 1. The van der Waals surface area contributed by atoms with Gasteiger partial charge < -0.3 is 4.90 Å². The van der Waals surface area contributed by atoms with Gasteiger partial charge in [-0.15, -0.1) is 11.3 Å². The van der Waals surface area contributed by atoms with Crippen molar-refractivity contribution in [1.29, 1.82) is 0 Å². The van der Waals surface area contributed by atoms with Crippen LogP contribution in [0.2, 0.25) is 0 Å². The number of nitrogens with zero attached hydrogens (tertiary/aromatic N) is 1. The highest BCUT2D eigenvalue weighted by Gasteiger charge is 2.24. The van der Waals surface area contributed by atoms with Gasteiger partial charge in [-0.3, -0.25) is 9.59 Å². The molecule has 118 valence electrons. The van der Waals surface area contributed by atoms with Gasteiger partial charge in [0.05, 0.1) is 10.9 Å². The molecule has 0 spiro atoms. The van der Waals surface area contributed by atoms with E-state index in [0.717, 1.165) is 22.4 Å². The van der Waals surface area contributed by atoms with Crippen LogP contribution in [0.3, 0.4) is 0 Å². The van der Waals surface area contributed by atoms with Crippen LogP contribution in [0.5, 0.6) is 0 Å². The van der Waals surface area contributed by atoms with Crippen LogP contribution in [-0.2, 0) is 0 Å². The van der Waals surface area contributed by atoms with Gasteiger partial charge in [0.1, 0.15) is 0 Å². The lowest BCUT2D eigenvalue weighted by molar-refractivity contribution is 0.0747. The lowest BCUT2D eigenvalue weighted by Gasteiger charge is -2.23. The number of hydrogen-bond acceptors (Lipinski definition) is 3. The van der Waals surface area contributed by atoms with E-state index in [1.807, 2.05) is 46.7 Å². The summed E-state index contributed by atoms with van der Waals surface area (Å²) in [6.07, 6.45) is 5.07. The molecule has 1 aromatic carbocycles. The van der Waals surface area contributed by atoms with Crippen LogP contribution in [0, 0.1) is 0 Å². The summed E-state index contributed by atoms with van der Waals surface area (Å²) < 4.78 is 0. The van der Waals surface area contributed by atoms with Gasteiger partial charge >= 0.3 is 0 Å². The minimum absolute atomic E-state index is 0.0607. The number of amides is 1. The molecule has 0 radical (unpaired) electrons. The van der Waals surface area contributed by atoms with Crippen molar-refractivity contribution in [2.45, 2.75) is 26.3 Å². The van der Waals surface area contributed by atoms with Crippen LogP contribution in [0.25, 0.3) is 11.1 Å². The predicted molar refractivity (Wildman–Crippen MR) is 94.0 cm³/mol. The molecule has 0 saturated carbocycles. The van der Waals surface area contributed by atoms with Gasteiger partial charge in [0.15, 0.2) is 5.78 Å². The van der Waals surface area contributed by atoms with Gasteiger partial charge in [0.25, 0.3) is 5.91 Å². The second-order valence-electron chi connectivity index (χ2n) is 5.66. The maximum Gasteiger partial charge on any atom is 0.254 e. The standard InChI is InChI=1S/C19H19NO2S/c1-3-16-5-4-11-20(16)19(22)15-8-6-14(7-9-15)17-10-12-23-18(17)13(2)21/h4-10,12,16H,3,11H2,1-2H3. The summed E-state index contributed by atoms with van der Waals surface area (Å²) in [4.78, 5) is 26.9. The second-order valence-corrected chi connectivity index (χ2v) is 6.57. The Bertz CT molecular complexity index is 758. The minimum Gasteiger partial charge on any atom is -0.329 e. The molecule has 0 aliphatic carbocycles. The molecule has 1 atom stereocenters. The van der Waals surface area contributed by atoms with Crippen molar-refractivity contribution in [3.05, 3.63) is 58.3 Å². The molecule has 0 N–H and O–H groups in total. The van der Waals surface area contributed by atoms with Crippen molar-refractivity contribution in [2.75, 3.05) is 6.54 Å². The minimum atomic E-state index is 0.0607. The fourth-order valence-corrected chi connectivity index (χ4v) is 3.75. The van der Waals surface area contributed by atoms with E-state index >= 15 is 0 Å². The Hall–Kier alpha value is -2.20. The zero-order chi connectivity index (χ0) is 16.4. The van der Waals surface area contributed by atoms with Gasteiger partial charge in [-0.1, -0.05) is 31.2 Å². The van der Waals surface area contributed by atoms with E-state index in [1.165, 1.54) is 11.3 Å². The molecule has 3 nitrogen and oxygen atoms in total. The molecule has 0 fully saturated rings. The number of rotatable bonds is 4. The van der Waals surface area contributed by atoms with Crippen molar-refractivity contribution in [1.82, 2.24) is 4.90 Å². The van der Waals surface area contributed by atoms with Crippen LogP contribution in [-0.4, -0.2) is 29.2 Å². The largest absolute Gasteiger partial charge is 0.329 e. The smallest absolute Gasteiger partial charge is 0.254 e. The molecular weight excluding hydrogens is 306 g/mol. The maximum atomic E-state index is 12.6. The van der Waals surface area contributed by atoms with Gasteiger partial charge in [0, 0.05) is 17.7 Å². The quantitative estimate of drug-likeness (QED) is 0.617. The van der Waals surface area contributed by atoms with E-state index in [2.05, 4.69) is 13.0 Å². The van der Waals surface area contributed by atoms with Crippen molar-refractivity contribution in [3.63, 3.8) is 0 Å². The highest BCUT2D eigenvalue weighted by Crippen LogP contribution is 2.29. The lowest BCUT2D eigenvalue weighted by Crippen LogP contribution is -2.35. The maximum absolute atomic E-state index is 12.6. The van der Waals surface area contributed by atoms with Gasteiger partial charge in [-0.25, -0.2) is 0 Å². The second kappa shape index (κ2) is 6.50. The molecule has 0 bridgehead atoms. The Morgan fingerprint density at radius 3 is 2.61 bits per heavy atom. The molecule has 1 aliphatic heterocycles. The number of hydrogen-bond donors (Lipinski definition) is 0. The molecule has 1 amide bonds. The lowest BCUT2D eigenvalue weighted by atomic mass is 10.0. The van der Waals surface area contributed by atoms with E-state index in [1.54, 1.807) is 6.92 Å². The van der Waals surface area contributed by atoms with Crippen LogP contribution in [0.4, 0.5) is 0 Å². The molecule has 3 rings (SSSR count). The van der Waals surface area contributed by atoms with Crippen LogP contribution >= 0.6 is 11.3 Å². The summed E-state index contributed by atoms with van der Waals surface area (Å²) in [5.74, 6) is 0.134. The Morgan fingerprint density at radius 1 is 1.22 bits per heavy atom. The Morgan fingerprint density at radius 2 is 1.96 bits per heavy atom. The Kier molecular flexibility index (Phi) is 4.44. The van der Waals surface area contributed by atoms with E-state index < -0.39 is 0 Å². The number of ketones is 1. The summed E-state index contributed by atoms with van der Waals surface area (Å²) in [6.45, 7) is 4.35. The normalized spacial score (nSPS) is 16.8. The summed E-state index contributed by atoms with van der Waals surface area (Å²) in [5.41, 5.74) is 2.60. The third-order valence-corrected chi connectivity index (χ3v) is 5.18. The van der Waals surface area contributed by atoms with E-state index in [9.17, 15) is 9.59 Å². The summed E-state index contributed by atoms with van der Waals surface area (Å²) in [5, 5.41) is 1.92. The Labute approximate surface area is 140 Å². The van der Waals surface area contributed by atoms with Gasteiger partial charge in [0.2, 0.25) is 0 Å². The van der Waals surface area contributed by atoms with Crippen LogP contribution < -0.4 is 0 Å². The summed E-state index contributed by atoms with van der Waals surface area (Å²) in [6, 6.07) is 9.70. The fourth-order valence-electron chi connectivity index (χ4n) is 2.93. The molecule has 2 aromatic rings. The third-order valence-electron chi connectivity index (χ3n) is 4.17. The SMILES string of the molecule is CCC1C=CCN1C(=O)c1ccc(-c2ccsc2C(C)=O)cc1. The topological polar surface area (TPSA) is 37.4 Å². The van der Waals surface area contributed by atoms with E-state index in [0.29, 0.717) is 12.1 Å². The number of carbonyl (C=O) groups excluding carboxylic acids is 2. The molecule has 1 unspecified atom stereocenters. The first-order valence-corrected chi connectivity index (χ1v) is 8.66.